The van der Waals surface area contributed by atoms with Gasteiger partial charge in [0.05, 0.1) is 4.92 Å². The summed E-state index contributed by atoms with van der Waals surface area (Å²) in [6, 6.07) is 6.29. The molecule has 2 unspecified atom stereocenters. The molecule has 2 heterocycles. The van der Waals surface area contributed by atoms with Crippen molar-refractivity contribution in [2.75, 3.05) is 18.4 Å². The highest BCUT2D eigenvalue weighted by molar-refractivity contribution is 5.66. The first-order chi connectivity index (χ1) is 9.65. The zero-order chi connectivity index (χ0) is 14.1. The fourth-order valence-corrected chi connectivity index (χ4v) is 3.55. The standard InChI is InChI=1S/C15H21N3O2/c1-11-4-2-6-14(18(19)20)15(11)16-12-7-9-17-8-3-5-13(17)10-12/h2,4,6,12-13,16H,3,5,7-10H2,1H3. The van der Waals surface area contributed by atoms with Crippen LogP contribution in [0.3, 0.4) is 0 Å². The Hall–Kier alpha value is -1.62. The number of nitro groups is 1. The van der Waals surface area contributed by atoms with E-state index in [2.05, 4.69) is 10.2 Å². The van der Waals surface area contributed by atoms with Crippen LogP contribution in [0.15, 0.2) is 18.2 Å². The molecular weight excluding hydrogens is 254 g/mol. The van der Waals surface area contributed by atoms with E-state index in [0.717, 1.165) is 24.9 Å². The SMILES string of the molecule is Cc1cccc([N+](=O)[O-])c1NC1CCN2CCCC2C1. The van der Waals surface area contributed by atoms with Crippen LogP contribution in [0.5, 0.6) is 0 Å². The number of piperidine rings is 1. The molecule has 2 atom stereocenters. The van der Waals surface area contributed by atoms with Gasteiger partial charge in [0.2, 0.25) is 0 Å². The molecule has 1 aromatic carbocycles. The van der Waals surface area contributed by atoms with E-state index in [0.29, 0.717) is 17.8 Å². The molecule has 2 fully saturated rings. The number of nitrogens with zero attached hydrogens (tertiary/aromatic N) is 2. The van der Waals surface area contributed by atoms with Crippen molar-refractivity contribution in [3.05, 3.63) is 33.9 Å². The Kier molecular flexibility index (Phi) is 3.61. The Morgan fingerprint density at radius 3 is 3.00 bits per heavy atom. The molecule has 2 aliphatic rings. The molecule has 108 valence electrons. The number of nitrogens with one attached hydrogen (secondary N) is 1. The highest BCUT2D eigenvalue weighted by Gasteiger charge is 2.32. The summed E-state index contributed by atoms with van der Waals surface area (Å²) in [7, 11) is 0. The van der Waals surface area contributed by atoms with Crippen molar-refractivity contribution in [2.24, 2.45) is 0 Å². The van der Waals surface area contributed by atoms with Gasteiger partial charge in [-0.25, -0.2) is 0 Å². The average Bonchev–Trinajstić information content (AvgIpc) is 2.88. The van der Waals surface area contributed by atoms with E-state index in [4.69, 9.17) is 0 Å². The third kappa shape index (κ3) is 2.50. The molecule has 0 aliphatic carbocycles. The zero-order valence-corrected chi connectivity index (χ0v) is 11.8. The second-order valence-electron chi connectivity index (χ2n) is 5.92. The lowest BCUT2D eigenvalue weighted by molar-refractivity contribution is -0.384. The lowest BCUT2D eigenvalue weighted by Crippen LogP contribution is -2.42. The van der Waals surface area contributed by atoms with Crippen LogP contribution < -0.4 is 5.32 Å². The minimum atomic E-state index is -0.292. The lowest BCUT2D eigenvalue weighted by atomic mass is 9.97. The molecule has 0 spiro atoms. The smallest absolute Gasteiger partial charge is 0.292 e. The second kappa shape index (κ2) is 5.40. The number of aryl methyl sites for hydroxylation is 1. The van der Waals surface area contributed by atoms with Gasteiger partial charge in [-0.3, -0.25) is 10.1 Å². The summed E-state index contributed by atoms with van der Waals surface area (Å²) in [5.41, 5.74) is 1.85. The summed E-state index contributed by atoms with van der Waals surface area (Å²) in [4.78, 5) is 13.4. The molecule has 1 aromatic rings. The summed E-state index contributed by atoms with van der Waals surface area (Å²) in [5.74, 6) is 0. The van der Waals surface area contributed by atoms with E-state index in [1.54, 1.807) is 12.1 Å². The lowest BCUT2D eigenvalue weighted by Gasteiger charge is -2.35. The first-order valence-electron chi connectivity index (χ1n) is 7.40. The van der Waals surface area contributed by atoms with Gasteiger partial charge in [-0.05, 0) is 44.7 Å². The van der Waals surface area contributed by atoms with Crippen LogP contribution in [0.2, 0.25) is 0 Å². The monoisotopic (exact) mass is 275 g/mol. The minimum absolute atomic E-state index is 0.193. The number of rotatable bonds is 3. The summed E-state index contributed by atoms with van der Waals surface area (Å²) in [6.07, 6.45) is 4.74. The van der Waals surface area contributed by atoms with Gasteiger partial charge in [0.15, 0.2) is 0 Å². The van der Waals surface area contributed by atoms with Crippen molar-refractivity contribution in [3.63, 3.8) is 0 Å². The highest BCUT2D eigenvalue weighted by atomic mass is 16.6. The fraction of sp³-hybridized carbons (Fsp3) is 0.600. The van der Waals surface area contributed by atoms with Crippen LogP contribution in [0.25, 0.3) is 0 Å². The molecule has 2 saturated heterocycles. The summed E-state index contributed by atoms with van der Waals surface area (Å²) in [6.45, 7) is 4.27. The first-order valence-corrected chi connectivity index (χ1v) is 7.40. The quantitative estimate of drug-likeness (QED) is 0.680. The van der Waals surface area contributed by atoms with E-state index in [9.17, 15) is 10.1 Å². The van der Waals surface area contributed by atoms with Crippen molar-refractivity contribution >= 4 is 11.4 Å². The molecule has 3 rings (SSSR count). The van der Waals surface area contributed by atoms with Crippen LogP contribution in [0.1, 0.15) is 31.2 Å². The maximum absolute atomic E-state index is 11.2. The molecule has 5 heteroatoms. The van der Waals surface area contributed by atoms with E-state index < -0.39 is 0 Å². The van der Waals surface area contributed by atoms with Crippen molar-refractivity contribution in [1.82, 2.24) is 4.90 Å². The predicted molar refractivity (Wildman–Crippen MR) is 79.1 cm³/mol. The van der Waals surface area contributed by atoms with Gasteiger partial charge in [0.1, 0.15) is 5.69 Å². The maximum Gasteiger partial charge on any atom is 0.292 e. The van der Waals surface area contributed by atoms with Gasteiger partial charge >= 0.3 is 0 Å². The molecule has 0 bridgehead atoms. The molecule has 0 radical (unpaired) electrons. The number of anilines is 1. The molecule has 0 amide bonds. The van der Waals surface area contributed by atoms with Crippen molar-refractivity contribution in [1.29, 1.82) is 0 Å². The number of hydrogen-bond donors (Lipinski definition) is 1. The van der Waals surface area contributed by atoms with Crippen molar-refractivity contribution < 1.29 is 4.92 Å². The third-order valence-corrected chi connectivity index (χ3v) is 4.62. The Labute approximate surface area is 119 Å². The van der Waals surface area contributed by atoms with E-state index in [1.165, 1.54) is 19.4 Å². The summed E-state index contributed by atoms with van der Waals surface area (Å²) in [5, 5.41) is 14.6. The predicted octanol–water partition coefficient (Wildman–Crippen LogP) is 2.94. The minimum Gasteiger partial charge on any atom is -0.376 e. The van der Waals surface area contributed by atoms with E-state index >= 15 is 0 Å². The fourth-order valence-electron chi connectivity index (χ4n) is 3.55. The second-order valence-corrected chi connectivity index (χ2v) is 5.92. The molecular formula is C15H21N3O2. The van der Waals surface area contributed by atoms with Crippen LogP contribution in [-0.4, -0.2) is 35.0 Å². The molecule has 0 aromatic heterocycles. The largest absolute Gasteiger partial charge is 0.376 e. The Balaban J connectivity index is 1.76. The van der Waals surface area contributed by atoms with Gasteiger partial charge in [0, 0.05) is 24.7 Å². The van der Waals surface area contributed by atoms with Crippen molar-refractivity contribution in [3.8, 4) is 0 Å². The third-order valence-electron chi connectivity index (χ3n) is 4.62. The molecule has 5 nitrogen and oxygen atoms in total. The molecule has 0 saturated carbocycles. The van der Waals surface area contributed by atoms with E-state index in [-0.39, 0.29) is 10.6 Å². The number of nitro benzene ring substituents is 1. The number of fused-ring (bicyclic) bond motifs is 1. The zero-order valence-electron chi connectivity index (χ0n) is 11.8. The molecule has 1 N–H and O–H groups in total. The number of hydrogen-bond acceptors (Lipinski definition) is 4. The summed E-state index contributed by atoms with van der Waals surface area (Å²) >= 11 is 0. The average molecular weight is 275 g/mol. The number of benzene rings is 1. The van der Waals surface area contributed by atoms with E-state index in [1.807, 2.05) is 13.0 Å². The maximum atomic E-state index is 11.2. The molecule has 2 aliphatic heterocycles. The highest BCUT2D eigenvalue weighted by Crippen LogP contribution is 2.32. The van der Waals surface area contributed by atoms with Crippen molar-refractivity contribution in [2.45, 2.75) is 44.7 Å². The Morgan fingerprint density at radius 2 is 2.20 bits per heavy atom. The Bertz CT molecular complexity index is 518. The first kappa shape index (κ1) is 13.4. The van der Waals surface area contributed by atoms with Gasteiger partial charge in [-0.2, -0.15) is 0 Å². The topological polar surface area (TPSA) is 58.4 Å². The summed E-state index contributed by atoms with van der Waals surface area (Å²) < 4.78 is 0. The molecule has 20 heavy (non-hydrogen) atoms. The van der Waals surface area contributed by atoms with Gasteiger partial charge in [-0.1, -0.05) is 12.1 Å². The van der Waals surface area contributed by atoms with Crippen LogP contribution in [0, 0.1) is 17.0 Å². The van der Waals surface area contributed by atoms with Gasteiger partial charge in [-0.15, -0.1) is 0 Å². The van der Waals surface area contributed by atoms with Gasteiger partial charge in [0.25, 0.3) is 5.69 Å². The van der Waals surface area contributed by atoms with Gasteiger partial charge < -0.3 is 10.2 Å². The number of para-hydroxylation sites is 1. The Morgan fingerprint density at radius 1 is 1.35 bits per heavy atom. The normalized spacial score (nSPS) is 26.2. The van der Waals surface area contributed by atoms with Crippen LogP contribution in [0.4, 0.5) is 11.4 Å². The van der Waals surface area contributed by atoms with Crippen LogP contribution in [-0.2, 0) is 0 Å². The van der Waals surface area contributed by atoms with Crippen LogP contribution >= 0.6 is 0 Å².